The van der Waals surface area contributed by atoms with Gasteiger partial charge in [0.25, 0.3) is 0 Å². The van der Waals surface area contributed by atoms with E-state index in [1.165, 1.54) is 4.90 Å². The minimum Gasteiger partial charge on any atom is -0.352 e. The highest BCUT2D eigenvalue weighted by molar-refractivity contribution is 7.92. The highest BCUT2D eigenvalue weighted by Gasteiger charge is 2.33. The van der Waals surface area contributed by atoms with Crippen molar-refractivity contribution < 1.29 is 18.0 Å². The molecule has 2 amide bonds. The number of hydrogen-bond donors (Lipinski definition) is 1. The van der Waals surface area contributed by atoms with Gasteiger partial charge in [-0.2, -0.15) is 0 Å². The summed E-state index contributed by atoms with van der Waals surface area (Å²) < 4.78 is 26.6. The first-order valence-electron chi connectivity index (χ1n) is 12.5. The van der Waals surface area contributed by atoms with Crippen LogP contribution in [0.5, 0.6) is 0 Å². The molecule has 3 aromatic carbocycles. The lowest BCUT2D eigenvalue weighted by molar-refractivity contribution is -0.140. The summed E-state index contributed by atoms with van der Waals surface area (Å²) in [4.78, 5) is 29.0. The van der Waals surface area contributed by atoms with Gasteiger partial charge in [0, 0.05) is 19.0 Å². The molecule has 0 unspecified atom stereocenters. The van der Waals surface area contributed by atoms with Gasteiger partial charge in [-0.05, 0) is 36.6 Å². The molecular weight excluding hydrogens is 522 g/mol. The van der Waals surface area contributed by atoms with Crippen LogP contribution in [0.3, 0.4) is 0 Å². The molecule has 0 heterocycles. The maximum Gasteiger partial charge on any atom is 0.244 e. The molecule has 0 spiro atoms. The van der Waals surface area contributed by atoms with Crippen molar-refractivity contribution in [1.82, 2.24) is 10.2 Å². The lowest BCUT2D eigenvalue weighted by Gasteiger charge is -2.34. The van der Waals surface area contributed by atoms with Gasteiger partial charge in [0.05, 0.1) is 17.0 Å². The Labute approximate surface area is 230 Å². The molecule has 0 fully saturated rings. The van der Waals surface area contributed by atoms with Crippen LogP contribution in [0.25, 0.3) is 0 Å². The Kier molecular flexibility index (Phi) is 10.3. The van der Waals surface area contributed by atoms with Crippen molar-refractivity contribution in [1.29, 1.82) is 0 Å². The van der Waals surface area contributed by atoms with E-state index in [1.807, 2.05) is 74.5 Å². The van der Waals surface area contributed by atoms with Crippen LogP contribution < -0.4 is 9.62 Å². The smallest absolute Gasteiger partial charge is 0.244 e. The monoisotopic (exact) mass is 555 g/mol. The summed E-state index contributed by atoms with van der Waals surface area (Å²) >= 11 is 6.32. The summed E-state index contributed by atoms with van der Waals surface area (Å²) in [7, 11) is -3.87. The third-order valence-electron chi connectivity index (χ3n) is 6.27. The molecule has 38 heavy (non-hydrogen) atoms. The van der Waals surface area contributed by atoms with E-state index in [4.69, 9.17) is 11.6 Å². The molecule has 0 radical (unpaired) electrons. The molecule has 7 nitrogen and oxygen atoms in total. The van der Waals surface area contributed by atoms with Crippen molar-refractivity contribution in [3.63, 3.8) is 0 Å². The van der Waals surface area contributed by atoms with Crippen LogP contribution in [0.2, 0.25) is 5.02 Å². The second-order valence-electron chi connectivity index (χ2n) is 9.25. The lowest BCUT2D eigenvalue weighted by Crippen LogP contribution is -2.54. The normalized spacial score (nSPS) is 12.8. The molecular formula is C29H34ClN3O4S. The van der Waals surface area contributed by atoms with Gasteiger partial charge < -0.3 is 10.2 Å². The molecule has 0 aromatic heterocycles. The molecule has 0 aliphatic carbocycles. The van der Waals surface area contributed by atoms with Crippen LogP contribution in [0.4, 0.5) is 5.69 Å². The number of nitrogens with zero attached hydrogens (tertiary/aromatic N) is 2. The van der Waals surface area contributed by atoms with E-state index in [-0.39, 0.29) is 35.6 Å². The standard InChI is InChI=1S/C29H34ClN3O4S/c1-4-22(2)31-29(35)27(19-23-13-7-5-8-14-23)32(20-24-15-9-6-10-16-24)28(34)21-33(38(3,36)37)26-18-12-11-17-25(26)30/h5-18,22,27H,4,19-21H2,1-3H3,(H,31,35)/t22-,27-/m0/s1. The molecule has 0 saturated heterocycles. The van der Waals surface area contributed by atoms with Crippen molar-refractivity contribution in [2.24, 2.45) is 0 Å². The molecule has 3 aromatic rings. The number of sulfonamides is 1. The SMILES string of the molecule is CC[C@H](C)NC(=O)[C@H](Cc1ccccc1)N(Cc1ccccc1)C(=O)CN(c1ccccc1Cl)S(C)(=O)=O. The highest BCUT2D eigenvalue weighted by Crippen LogP contribution is 2.27. The van der Waals surface area contributed by atoms with Gasteiger partial charge in [0.15, 0.2) is 0 Å². The summed E-state index contributed by atoms with van der Waals surface area (Å²) in [5.41, 5.74) is 1.90. The van der Waals surface area contributed by atoms with E-state index in [1.54, 1.807) is 24.3 Å². The van der Waals surface area contributed by atoms with Crippen molar-refractivity contribution in [3.8, 4) is 0 Å². The molecule has 2 atom stereocenters. The van der Waals surface area contributed by atoms with Gasteiger partial charge in [-0.1, -0.05) is 91.3 Å². The lowest BCUT2D eigenvalue weighted by atomic mass is 10.0. The van der Waals surface area contributed by atoms with Gasteiger partial charge >= 0.3 is 0 Å². The Morgan fingerprint density at radius 2 is 1.45 bits per heavy atom. The van der Waals surface area contributed by atoms with Gasteiger partial charge in [-0.25, -0.2) is 8.42 Å². The largest absolute Gasteiger partial charge is 0.352 e. The first-order valence-corrected chi connectivity index (χ1v) is 14.7. The number of anilines is 1. The number of amides is 2. The van der Waals surface area contributed by atoms with Crippen LogP contribution in [0.15, 0.2) is 84.9 Å². The van der Waals surface area contributed by atoms with Gasteiger partial charge in [0.1, 0.15) is 12.6 Å². The minimum atomic E-state index is -3.87. The van der Waals surface area contributed by atoms with Gasteiger partial charge in [-0.15, -0.1) is 0 Å². The average Bonchev–Trinajstić information content (AvgIpc) is 2.90. The van der Waals surface area contributed by atoms with Gasteiger partial charge in [0.2, 0.25) is 21.8 Å². The molecule has 0 aliphatic rings. The number of benzene rings is 3. The first-order chi connectivity index (χ1) is 18.1. The maximum absolute atomic E-state index is 14.0. The summed E-state index contributed by atoms with van der Waals surface area (Å²) in [5, 5.41) is 3.21. The fourth-order valence-corrected chi connectivity index (χ4v) is 5.17. The Hall–Kier alpha value is -3.36. The fourth-order valence-electron chi connectivity index (χ4n) is 4.02. The molecule has 9 heteroatoms. The van der Waals surface area contributed by atoms with Crippen LogP contribution in [-0.4, -0.2) is 50.0 Å². The quantitative estimate of drug-likeness (QED) is 0.352. The van der Waals surface area contributed by atoms with E-state index in [0.29, 0.717) is 0 Å². The van der Waals surface area contributed by atoms with Crippen molar-refractivity contribution in [3.05, 3.63) is 101 Å². The topological polar surface area (TPSA) is 86.8 Å². The van der Waals surface area contributed by atoms with Crippen molar-refractivity contribution in [2.45, 2.75) is 45.3 Å². The summed E-state index contributed by atoms with van der Waals surface area (Å²) in [5.74, 6) is -0.810. The number of para-hydroxylation sites is 1. The van der Waals surface area contributed by atoms with Crippen molar-refractivity contribution in [2.75, 3.05) is 17.1 Å². The molecule has 3 rings (SSSR count). The predicted octanol–water partition coefficient (Wildman–Crippen LogP) is 4.66. The predicted molar refractivity (Wildman–Crippen MR) is 152 cm³/mol. The summed E-state index contributed by atoms with van der Waals surface area (Å²) in [6.07, 6.45) is 2.03. The maximum atomic E-state index is 14.0. The number of halogens is 1. The molecule has 0 saturated carbocycles. The van der Waals surface area contributed by atoms with Crippen LogP contribution in [0, 0.1) is 0 Å². The minimum absolute atomic E-state index is 0.0925. The Balaban J connectivity index is 2.05. The zero-order valence-electron chi connectivity index (χ0n) is 21.9. The number of hydrogen-bond acceptors (Lipinski definition) is 4. The zero-order valence-corrected chi connectivity index (χ0v) is 23.5. The number of rotatable bonds is 12. The summed E-state index contributed by atoms with van der Waals surface area (Å²) in [6, 6.07) is 24.3. The number of carbonyl (C=O) groups is 2. The molecule has 1 N–H and O–H groups in total. The highest BCUT2D eigenvalue weighted by atomic mass is 35.5. The van der Waals surface area contributed by atoms with Crippen LogP contribution in [0.1, 0.15) is 31.4 Å². The van der Waals surface area contributed by atoms with E-state index in [2.05, 4.69) is 5.32 Å². The molecule has 0 aliphatic heterocycles. The zero-order chi connectivity index (χ0) is 27.7. The number of nitrogens with one attached hydrogen (secondary N) is 1. The number of carbonyl (C=O) groups excluding carboxylic acids is 2. The third-order valence-corrected chi connectivity index (χ3v) is 7.71. The van der Waals surface area contributed by atoms with Crippen LogP contribution in [-0.2, 0) is 32.6 Å². The Bertz CT molecular complexity index is 1320. The Morgan fingerprint density at radius 1 is 0.895 bits per heavy atom. The van der Waals surface area contributed by atoms with E-state index < -0.39 is 28.5 Å². The van der Waals surface area contributed by atoms with Gasteiger partial charge in [-0.3, -0.25) is 13.9 Å². The summed E-state index contributed by atoms with van der Waals surface area (Å²) in [6.45, 7) is 3.50. The second-order valence-corrected chi connectivity index (χ2v) is 11.6. The molecule has 202 valence electrons. The second kappa shape index (κ2) is 13.4. The van der Waals surface area contributed by atoms with Crippen LogP contribution >= 0.6 is 11.6 Å². The fraction of sp³-hybridized carbons (Fsp3) is 0.310. The Morgan fingerprint density at radius 3 is 2.00 bits per heavy atom. The molecule has 0 bridgehead atoms. The van der Waals surface area contributed by atoms with E-state index in [0.717, 1.165) is 28.1 Å². The van der Waals surface area contributed by atoms with E-state index >= 15 is 0 Å². The van der Waals surface area contributed by atoms with Crippen molar-refractivity contribution >= 4 is 39.1 Å². The average molecular weight is 556 g/mol. The van der Waals surface area contributed by atoms with E-state index in [9.17, 15) is 18.0 Å². The third kappa shape index (κ3) is 8.07. The first kappa shape index (κ1) is 29.2.